The maximum absolute atomic E-state index is 9.05. The molecule has 1 unspecified atom stereocenters. The highest BCUT2D eigenvalue weighted by atomic mass is 32.1. The molecular weight excluding hydrogens is 292 g/mol. The SMILES string of the molecule is N#Cc1cccc(CN(Cc2cccs2)CC2CCCO2)c1. The minimum Gasteiger partial charge on any atom is -0.377 e. The monoisotopic (exact) mass is 312 g/mol. The van der Waals surface area contributed by atoms with E-state index in [9.17, 15) is 0 Å². The molecule has 2 aromatic rings. The molecule has 1 aromatic heterocycles. The van der Waals surface area contributed by atoms with Gasteiger partial charge in [0.2, 0.25) is 0 Å². The predicted octanol–water partition coefficient (Wildman–Crippen LogP) is 3.80. The summed E-state index contributed by atoms with van der Waals surface area (Å²) in [5, 5.41) is 11.2. The Bertz CT molecular complexity index is 627. The van der Waals surface area contributed by atoms with Crippen molar-refractivity contribution >= 4 is 11.3 Å². The lowest BCUT2D eigenvalue weighted by molar-refractivity contribution is 0.0682. The van der Waals surface area contributed by atoms with E-state index in [0.717, 1.165) is 38.2 Å². The standard InChI is InChI=1S/C18H20N2OS/c19-11-15-4-1-5-16(10-15)12-20(13-17-6-2-8-21-17)14-18-7-3-9-22-18/h1,3-5,7,9-10,17H,2,6,8,12-14H2. The topological polar surface area (TPSA) is 36.3 Å². The van der Waals surface area contributed by atoms with Gasteiger partial charge in [0.25, 0.3) is 0 Å². The smallest absolute Gasteiger partial charge is 0.0991 e. The Labute approximate surface area is 135 Å². The average Bonchev–Trinajstić information content (AvgIpc) is 3.21. The second kappa shape index (κ2) is 7.55. The molecule has 0 N–H and O–H groups in total. The number of benzene rings is 1. The van der Waals surface area contributed by atoms with Crippen molar-refractivity contribution in [3.63, 3.8) is 0 Å². The Balaban J connectivity index is 1.70. The summed E-state index contributed by atoms with van der Waals surface area (Å²) in [5.41, 5.74) is 1.92. The fourth-order valence-corrected chi connectivity index (χ4v) is 3.63. The largest absolute Gasteiger partial charge is 0.377 e. The van der Waals surface area contributed by atoms with E-state index in [1.807, 2.05) is 18.2 Å². The summed E-state index contributed by atoms with van der Waals surface area (Å²) in [6.07, 6.45) is 2.67. The Hall–Kier alpha value is -1.67. The number of nitrogens with zero attached hydrogens (tertiary/aromatic N) is 2. The van der Waals surface area contributed by atoms with Gasteiger partial charge in [0, 0.05) is 31.1 Å². The number of thiophene rings is 1. The first-order valence-electron chi connectivity index (χ1n) is 7.69. The number of rotatable bonds is 6. The van der Waals surface area contributed by atoms with E-state index in [4.69, 9.17) is 10.00 Å². The average molecular weight is 312 g/mol. The highest BCUT2D eigenvalue weighted by Gasteiger charge is 2.20. The van der Waals surface area contributed by atoms with E-state index in [0.29, 0.717) is 6.10 Å². The molecule has 3 rings (SSSR count). The van der Waals surface area contributed by atoms with Gasteiger partial charge in [0.1, 0.15) is 0 Å². The van der Waals surface area contributed by atoms with Crippen molar-refractivity contribution in [2.24, 2.45) is 0 Å². The van der Waals surface area contributed by atoms with Crippen LogP contribution >= 0.6 is 11.3 Å². The van der Waals surface area contributed by atoms with Crippen LogP contribution in [0, 0.1) is 11.3 Å². The van der Waals surface area contributed by atoms with Gasteiger partial charge in [-0.05, 0) is 42.0 Å². The van der Waals surface area contributed by atoms with Gasteiger partial charge in [-0.15, -0.1) is 11.3 Å². The van der Waals surface area contributed by atoms with Crippen LogP contribution in [0.2, 0.25) is 0 Å². The molecule has 1 aromatic carbocycles. The molecule has 4 heteroatoms. The molecule has 0 amide bonds. The molecule has 1 aliphatic rings. The summed E-state index contributed by atoms with van der Waals surface area (Å²) in [6, 6.07) is 14.4. The molecule has 0 radical (unpaired) electrons. The van der Waals surface area contributed by atoms with Crippen LogP contribution in [0.25, 0.3) is 0 Å². The third-order valence-corrected chi connectivity index (χ3v) is 4.77. The quantitative estimate of drug-likeness (QED) is 0.814. The first kappa shape index (κ1) is 15.2. The minimum absolute atomic E-state index is 0.346. The first-order valence-corrected chi connectivity index (χ1v) is 8.57. The third kappa shape index (κ3) is 4.17. The van der Waals surface area contributed by atoms with Crippen molar-refractivity contribution in [1.29, 1.82) is 5.26 Å². The van der Waals surface area contributed by atoms with E-state index in [2.05, 4.69) is 34.5 Å². The zero-order valence-electron chi connectivity index (χ0n) is 12.6. The van der Waals surface area contributed by atoms with Crippen LogP contribution in [0.1, 0.15) is 28.8 Å². The molecule has 0 spiro atoms. The number of ether oxygens (including phenoxy) is 1. The fraction of sp³-hybridized carbons (Fsp3) is 0.389. The number of hydrogen-bond acceptors (Lipinski definition) is 4. The Morgan fingerprint density at radius 3 is 2.95 bits per heavy atom. The van der Waals surface area contributed by atoms with Crippen LogP contribution < -0.4 is 0 Å². The van der Waals surface area contributed by atoms with Crippen molar-refractivity contribution in [3.8, 4) is 6.07 Å². The molecule has 1 aliphatic heterocycles. The summed E-state index contributed by atoms with van der Waals surface area (Å²) < 4.78 is 5.79. The van der Waals surface area contributed by atoms with Gasteiger partial charge < -0.3 is 4.74 Å². The van der Waals surface area contributed by atoms with Crippen LogP contribution in [-0.2, 0) is 17.8 Å². The van der Waals surface area contributed by atoms with Gasteiger partial charge in [-0.1, -0.05) is 18.2 Å². The molecule has 22 heavy (non-hydrogen) atoms. The number of nitriles is 1. The van der Waals surface area contributed by atoms with E-state index < -0.39 is 0 Å². The van der Waals surface area contributed by atoms with Crippen molar-refractivity contribution in [2.45, 2.75) is 32.0 Å². The Morgan fingerprint density at radius 1 is 1.27 bits per heavy atom. The van der Waals surface area contributed by atoms with Crippen molar-refractivity contribution < 1.29 is 4.74 Å². The maximum Gasteiger partial charge on any atom is 0.0991 e. The summed E-state index contributed by atoms with van der Waals surface area (Å²) in [5.74, 6) is 0. The molecule has 0 aliphatic carbocycles. The molecule has 0 saturated carbocycles. The van der Waals surface area contributed by atoms with Crippen molar-refractivity contribution in [3.05, 3.63) is 57.8 Å². The van der Waals surface area contributed by atoms with Gasteiger partial charge in [-0.3, -0.25) is 4.90 Å². The van der Waals surface area contributed by atoms with Gasteiger partial charge in [0.15, 0.2) is 0 Å². The normalized spacial score (nSPS) is 17.7. The summed E-state index contributed by atoms with van der Waals surface area (Å²) in [6.45, 7) is 3.64. The van der Waals surface area contributed by atoms with E-state index in [-0.39, 0.29) is 0 Å². The maximum atomic E-state index is 9.05. The minimum atomic E-state index is 0.346. The van der Waals surface area contributed by atoms with Crippen LogP contribution in [0.4, 0.5) is 0 Å². The lowest BCUT2D eigenvalue weighted by Gasteiger charge is -2.25. The van der Waals surface area contributed by atoms with Crippen LogP contribution in [0.3, 0.4) is 0 Å². The molecule has 1 atom stereocenters. The van der Waals surface area contributed by atoms with Crippen LogP contribution in [0.5, 0.6) is 0 Å². The van der Waals surface area contributed by atoms with Crippen LogP contribution in [0.15, 0.2) is 41.8 Å². The molecule has 1 saturated heterocycles. The van der Waals surface area contributed by atoms with E-state index >= 15 is 0 Å². The van der Waals surface area contributed by atoms with Gasteiger partial charge in [-0.2, -0.15) is 5.26 Å². The molecule has 1 fully saturated rings. The molecule has 0 bridgehead atoms. The summed E-state index contributed by atoms with van der Waals surface area (Å²) >= 11 is 1.79. The molecule has 2 heterocycles. The van der Waals surface area contributed by atoms with Crippen molar-refractivity contribution in [2.75, 3.05) is 13.2 Å². The predicted molar refractivity (Wildman–Crippen MR) is 88.6 cm³/mol. The lowest BCUT2D eigenvalue weighted by atomic mass is 10.1. The van der Waals surface area contributed by atoms with Crippen LogP contribution in [-0.4, -0.2) is 24.2 Å². The van der Waals surface area contributed by atoms with E-state index in [1.165, 1.54) is 16.9 Å². The van der Waals surface area contributed by atoms with Crippen molar-refractivity contribution in [1.82, 2.24) is 4.90 Å². The third-order valence-electron chi connectivity index (χ3n) is 3.91. The van der Waals surface area contributed by atoms with Gasteiger partial charge in [-0.25, -0.2) is 0 Å². The Kier molecular flexibility index (Phi) is 5.23. The lowest BCUT2D eigenvalue weighted by Crippen LogP contribution is -2.31. The molecular formula is C18H20N2OS. The highest BCUT2D eigenvalue weighted by molar-refractivity contribution is 7.09. The zero-order chi connectivity index (χ0) is 15.2. The second-order valence-corrected chi connectivity index (χ2v) is 6.73. The van der Waals surface area contributed by atoms with Gasteiger partial charge >= 0.3 is 0 Å². The second-order valence-electron chi connectivity index (χ2n) is 5.70. The molecule has 114 valence electrons. The van der Waals surface area contributed by atoms with E-state index in [1.54, 1.807) is 11.3 Å². The first-order chi connectivity index (χ1) is 10.8. The molecule has 3 nitrogen and oxygen atoms in total. The highest BCUT2D eigenvalue weighted by Crippen LogP contribution is 2.19. The fourth-order valence-electron chi connectivity index (χ4n) is 2.88. The summed E-state index contributed by atoms with van der Waals surface area (Å²) in [4.78, 5) is 3.80. The van der Waals surface area contributed by atoms with Gasteiger partial charge in [0.05, 0.1) is 17.7 Å². The Morgan fingerprint density at radius 2 is 2.23 bits per heavy atom. The zero-order valence-corrected chi connectivity index (χ0v) is 13.4. The summed E-state index contributed by atoms with van der Waals surface area (Å²) in [7, 11) is 0. The number of hydrogen-bond donors (Lipinski definition) is 0.